The molecule has 3 heteroatoms. The Morgan fingerprint density at radius 1 is 0.255 bits per heavy atom. The van der Waals surface area contributed by atoms with Gasteiger partial charge in [0.05, 0.1) is 0 Å². The molecule has 0 N–H and O–H groups in total. The van der Waals surface area contributed by atoms with Gasteiger partial charge in [0.2, 0.25) is 0 Å². The summed E-state index contributed by atoms with van der Waals surface area (Å²) in [6, 6.07) is 56.1. The van der Waals surface area contributed by atoms with Gasteiger partial charge in [0.25, 0.3) is 0 Å². The number of rotatable bonds is 2. The molecule has 12 aromatic rings. The molecule has 0 bridgehead atoms. The SMILES string of the molecule is c1ccc2c(c1)oc1cc(-c3c4ccccc4c(-c4ccc5oc6cc7ccc8c9ccccc9oc8c7cc6c5c4)c4ccccc34)ccc12. The second-order valence-electron chi connectivity index (χ2n) is 13.6. The molecule has 0 spiro atoms. The van der Waals surface area contributed by atoms with Crippen LogP contribution in [0.4, 0.5) is 0 Å². The fourth-order valence-corrected chi connectivity index (χ4v) is 8.56. The average molecular weight is 651 g/mol. The van der Waals surface area contributed by atoms with Gasteiger partial charge in [-0.3, -0.25) is 0 Å². The van der Waals surface area contributed by atoms with Gasteiger partial charge >= 0.3 is 0 Å². The lowest BCUT2D eigenvalue weighted by Gasteiger charge is -2.17. The highest BCUT2D eigenvalue weighted by atomic mass is 16.3. The summed E-state index contributed by atoms with van der Waals surface area (Å²) in [4.78, 5) is 0. The van der Waals surface area contributed by atoms with Crippen LogP contribution in [0, 0.1) is 0 Å². The summed E-state index contributed by atoms with van der Waals surface area (Å²) in [6.45, 7) is 0. The molecule has 0 aliphatic heterocycles. The predicted molar refractivity (Wildman–Crippen MR) is 212 cm³/mol. The van der Waals surface area contributed by atoms with Crippen molar-refractivity contribution >= 4 is 98.1 Å². The summed E-state index contributed by atoms with van der Waals surface area (Å²) in [6.07, 6.45) is 0. The van der Waals surface area contributed by atoms with Crippen LogP contribution in [0.25, 0.3) is 120 Å². The lowest BCUT2D eigenvalue weighted by Crippen LogP contribution is -1.90. The normalized spacial score (nSPS) is 12.3. The third kappa shape index (κ3) is 3.72. The molecule has 0 atom stereocenters. The molecule has 51 heavy (non-hydrogen) atoms. The van der Waals surface area contributed by atoms with E-state index in [1.54, 1.807) is 0 Å². The fourth-order valence-electron chi connectivity index (χ4n) is 8.56. The zero-order chi connectivity index (χ0) is 33.2. The molecular weight excluding hydrogens is 625 g/mol. The molecule has 9 aromatic carbocycles. The van der Waals surface area contributed by atoms with E-state index in [-0.39, 0.29) is 0 Å². The molecule has 3 aromatic heterocycles. The number of benzene rings is 9. The highest BCUT2D eigenvalue weighted by molar-refractivity contribution is 6.24. The average Bonchev–Trinajstić information content (AvgIpc) is 3.86. The van der Waals surface area contributed by atoms with Gasteiger partial charge in [-0.25, -0.2) is 0 Å². The number of furan rings is 3. The van der Waals surface area contributed by atoms with Gasteiger partial charge in [-0.15, -0.1) is 0 Å². The highest BCUT2D eigenvalue weighted by Gasteiger charge is 2.20. The van der Waals surface area contributed by atoms with Crippen molar-refractivity contribution in [1.82, 2.24) is 0 Å². The molecule has 12 rings (SSSR count). The van der Waals surface area contributed by atoms with Crippen molar-refractivity contribution in [2.45, 2.75) is 0 Å². The van der Waals surface area contributed by atoms with Crippen LogP contribution in [0.3, 0.4) is 0 Å². The van der Waals surface area contributed by atoms with Crippen LogP contribution in [0.15, 0.2) is 171 Å². The summed E-state index contributed by atoms with van der Waals surface area (Å²) in [5.74, 6) is 0. The minimum atomic E-state index is 0.870. The molecule has 236 valence electrons. The summed E-state index contributed by atoms with van der Waals surface area (Å²) in [7, 11) is 0. The number of fused-ring (bicyclic) bond motifs is 13. The van der Waals surface area contributed by atoms with Gasteiger partial charge in [-0.1, -0.05) is 103 Å². The molecule has 0 amide bonds. The standard InChI is InChI=1S/C48H26O3/c1-3-13-35-33(11-1)46(34-12-2-4-14-36(34)47(35)29-18-20-32-30-9-5-7-15-41(30)49-44(32)25-29)28-19-22-43-39(23-28)40-26-38-27(24-45(40)50-43)17-21-37-31-10-6-8-16-42(31)51-48(37)38/h1-26H. The third-order valence-electron chi connectivity index (χ3n) is 10.8. The molecule has 0 aliphatic rings. The summed E-state index contributed by atoms with van der Waals surface area (Å²) in [5.41, 5.74) is 10.1. The quantitative estimate of drug-likeness (QED) is 0.175. The van der Waals surface area contributed by atoms with Crippen LogP contribution in [0.1, 0.15) is 0 Å². The first-order chi connectivity index (χ1) is 25.3. The maximum absolute atomic E-state index is 6.49. The second kappa shape index (κ2) is 9.87. The molecule has 3 heterocycles. The van der Waals surface area contributed by atoms with E-state index in [1.807, 2.05) is 24.3 Å². The second-order valence-corrected chi connectivity index (χ2v) is 13.6. The van der Waals surface area contributed by atoms with Gasteiger partial charge in [0, 0.05) is 37.7 Å². The molecule has 0 radical (unpaired) electrons. The van der Waals surface area contributed by atoms with E-state index in [9.17, 15) is 0 Å². The lowest BCUT2D eigenvalue weighted by molar-refractivity contribution is 0.668. The first-order valence-electron chi connectivity index (χ1n) is 17.3. The highest BCUT2D eigenvalue weighted by Crippen LogP contribution is 2.46. The molecule has 0 aliphatic carbocycles. The van der Waals surface area contributed by atoms with E-state index in [2.05, 4.69) is 133 Å². The van der Waals surface area contributed by atoms with E-state index in [4.69, 9.17) is 13.3 Å². The Bertz CT molecular complexity index is 3370. The Hall–Kier alpha value is -6.84. The minimum Gasteiger partial charge on any atom is -0.456 e. The van der Waals surface area contributed by atoms with E-state index in [0.29, 0.717) is 0 Å². The molecule has 3 nitrogen and oxygen atoms in total. The Morgan fingerprint density at radius 2 is 0.725 bits per heavy atom. The van der Waals surface area contributed by atoms with E-state index in [1.165, 1.54) is 32.7 Å². The van der Waals surface area contributed by atoms with Crippen LogP contribution in [0.5, 0.6) is 0 Å². The van der Waals surface area contributed by atoms with Gasteiger partial charge in [-0.05, 0) is 104 Å². The lowest BCUT2D eigenvalue weighted by atomic mass is 9.85. The van der Waals surface area contributed by atoms with Crippen molar-refractivity contribution in [1.29, 1.82) is 0 Å². The summed E-state index contributed by atoms with van der Waals surface area (Å²) in [5, 5.41) is 13.7. The van der Waals surface area contributed by atoms with Gasteiger partial charge < -0.3 is 13.3 Å². The first-order valence-corrected chi connectivity index (χ1v) is 17.3. The van der Waals surface area contributed by atoms with Gasteiger partial charge in [-0.2, -0.15) is 0 Å². The van der Waals surface area contributed by atoms with Crippen molar-refractivity contribution in [2.24, 2.45) is 0 Å². The van der Waals surface area contributed by atoms with Crippen LogP contribution in [0.2, 0.25) is 0 Å². The first kappa shape index (κ1) is 27.0. The van der Waals surface area contributed by atoms with E-state index in [0.717, 1.165) is 87.7 Å². The van der Waals surface area contributed by atoms with E-state index < -0.39 is 0 Å². The van der Waals surface area contributed by atoms with Crippen molar-refractivity contribution in [3.63, 3.8) is 0 Å². The van der Waals surface area contributed by atoms with E-state index >= 15 is 0 Å². The Kier molecular flexibility index (Phi) is 5.23. The minimum absolute atomic E-state index is 0.870. The summed E-state index contributed by atoms with van der Waals surface area (Å²) < 4.78 is 19.3. The van der Waals surface area contributed by atoms with Crippen molar-refractivity contribution in [3.8, 4) is 22.3 Å². The van der Waals surface area contributed by atoms with Crippen LogP contribution in [-0.4, -0.2) is 0 Å². The topological polar surface area (TPSA) is 39.4 Å². The molecule has 0 fully saturated rings. The fraction of sp³-hybridized carbons (Fsp3) is 0. The van der Waals surface area contributed by atoms with Crippen molar-refractivity contribution in [3.05, 3.63) is 158 Å². The Labute approximate surface area is 290 Å². The number of hydrogen-bond donors (Lipinski definition) is 0. The molecule has 0 saturated heterocycles. The summed E-state index contributed by atoms with van der Waals surface area (Å²) >= 11 is 0. The van der Waals surface area contributed by atoms with Gasteiger partial charge in [0.1, 0.15) is 33.5 Å². The van der Waals surface area contributed by atoms with Crippen LogP contribution < -0.4 is 0 Å². The van der Waals surface area contributed by atoms with Crippen molar-refractivity contribution in [2.75, 3.05) is 0 Å². The maximum atomic E-state index is 6.49. The monoisotopic (exact) mass is 650 g/mol. The predicted octanol–water partition coefficient (Wildman–Crippen LogP) is 14.2. The van der Waals surface area contributed by atoms with Crippen LogP contribution >= 0.6 is 0 Å². The largest absolute Gasteiger partial charge is 0.456 e. The van der Waals surface area contributed by atoms with Gasteiger partial charge in [0.15, 0.2) is 0 Å². The Balaban J connectivity index is 1.12. The molecular formula is C48H26O3. The zero-order valence-corrected chi connectivity index (χ0v) is 27.2. The Morgan fingerprint density at radius 3 is 1.41 bits per heavy atom. The number of para-hydroxylation sites is 2. The zero-order valence-electron chi connectivity index (χ0n) is 27.2. The van der Waals surface area contributed by atoms with Crippen LogP contribution in [-0.2, 0) is 0 Å². The maximum Gasteiger partial charge on any atom is 0.143 e. The smallest absolute Gasteiger partial charge is 0.143 e. The molecule has 0 saturated carbocycles. The molecule has 0 unspecified atom stereocenters. The third-order valence-corrected chi connectivity index (χ3v) is 10.8. The number of hydrogen-bond acceptors (Lipinski definition) is 3. The van der Waals surface area contributed by atoms with Crippen molar-refractivity contribution < 1.29 is 13.3 Å².